The van der Waals surface area contributed by atoms with Crippen LogP contribution in [0.3, 0.4) is 0 Å². The first-order chi connectivity index (χ1) is 31.6. The molecule has 0 bridgehead atoms. The van der Waals surface area contributed by atoms with Gasteiger partial charge in [0.25, 0.3) is 0 Å². The van der Waals surface area contributed by atoms with Crippen molar-refractivity contribution >= 4 is 31.3 Å². The van der Waals surface area contributed by atoms with Gasteiger partial charge < -0.3 is 10.2 Å². The number of hydrogen-bond acceptors (Lipinski definition) is 2. The average Bonchev–Trinajstić information content (AvgIpc) is 3.35. The molecule has 4 nitrogen and oxygen atoms in total. The van der Waals surface area contributed by atoms with Gasteiger partial charge in [-0.15, -0.1) is 0 Å². The van der Waals surface area contributed by atoms with Crippen molar-refractivity contribution in [3.63, 3.8) is 0 Å². The smallest absolute Gasteiger partial charge is 0.814 e. The fraction of sp³-hybridized carbons (Fsp3) is 0.138. The van der Waals surface area contributed by atoms with Crippen LogP contribution in [0.15, 0.2) is 243 Å². The first kappa shape index (κ1) is 49.1. The molecule has 7 heteroatoms. The zero-order valence-electron chi connectivity index (χ0n) is 37.0. The van der Waals surface area contributed by atoms with E-state index in [1.807, 2.05) is 107 Å². The van der Waals surface area contributed by atoms with Crippen LogP contribution in [0.1, 0.15) is 44.5 Å². The summed E-state index contributed by atoms with van der Waals surface area (Å²) in [5.41, 5.74) is 9.44. The Bertz CT molecular complexity index is 2250. The van der Waals surface area contributed by atoms with E-state index in [0.717, 1.165) is 45.3 Å². The van der Waals surface area contributed by atoms with E-state index >= 15 is 0 Å². The normalized spacial score (nSPS) is 10.9. The van der Waals surface area contributed by atoms with Gasteiger partial charge in [0.05, 0.1) is 0 Å². The van der Waals surface area contributed by atoms with E-state index < -0.39 is 21.0 Å². The molecule has 0 heterocycles. The Morgan fingerprint density at radius 1 is 0.262 bits per heavy atom. The van der Waals surface area contributed by atoms with E-state index in [4.69, 9.17) is 0 Å². The van der Waals surface area contributed by atoms with Crippen molar-refractivity contribution < 1.29 is 29.7 Å². The van der Waals surface area contributed by atoms with Crippen LogP contribution in [0.4, 0.5) is 0 Å². The molecule has 8 aromatic carbocycles. The summed E-state index contributed by atoms with van der Waals surface area (Å²) in [6.07, 6.45) is 0. The third-order valence-electron chi connectivity index (χ3n) is 10.6. The number of nitrogens with zero attached hydrogens (tertiary/aromatic N) is 2. The molecule has 324 valence electrons. The molecule has 0 fully saturated rings. The fourth-order valence-corrected chi connectivity index (χ4v) is 11.5. The number of hydrogen-bond donors (Lipinski definition) is 0. The van der Waals surface area contributed by atoms with Crippen LogP contribution in [0.25, 0.3) is 0 Å². The second kappa shape index (κ2) is 27.2. The van der Waals surface area contributed by atoms with Crippen molar-refractivity contribution in [2.45, 2.75) is 49.2 Å². The molecule has 0 saturated carbocycles. The summed E-state index contributed by atoms with van der Waals surface area (Å²) in [5, 5.41) is 28.5. The fourth-order valence-electron chi connectivity index (χ4n) is 7.40. The van der Waals surface area contributed by atoms with Gasteiger partial charge in [-0.2, -0.15) is 21.0 Å². The molecule has 0 spiro atoms. The first-order valence-electron chi connectivity index (χ1n) is 21.8. The second-order valence-corrected chi connectivity index (χ2v) is 19.5. The SMILES string of the molecule is [O-]C(N(Cc1ccccc1)Cc1ccccc1)=S(Cc1ccccc1)Cc1ccccc1.[O-]C(N(Cc1ccccc1)Cc1ccccc1)=S(Cc1ccccc1)Cc1ccccc1.[Zn+2]. The predicted molar refractivity (Wildman–Crippen MR) is 270 cm³/mol. The van der Waals surface area contributed by atoms with Gasteiger partial charge in [-0.1, -0.05) is 253 Å². The molecule has 0 aliphatic heterocycles. The van der Waals surface area contributed by atoms with Crippen LogP contribution in [0.5, 0.6) is 0 Å². The molecule has 0 N–H and O–H groups in total. The molecule has 0 radical (unpaired) electrons. The summed E-state index contributed by atoms with van der Waals surface area (Å²) in [6.45, 7) is 2.45. The van der Waals surface area contributed by atoms with Gasteiger partial charge in [-0.3, -0.25) is 9.80 Å². The van der Waals surface area contributed by atoms with Crippen LogP contribution in [0, 0.1) is 0 Å². The van der Waals surface area contributed by atoms with Crippen molar-refractivity contribution in [1.82, 2.24) is 9.80 Å². The summed E-state index contributed by atoms with van der Waals surface area (Å²) in [4.78, 5) is 4.05. The monoisotopic (exact) mass is 940 g/mol. The van der Waals surface area contributed by atoms with Gasteiger partial charge >= 0.3 is 19.5 Å². The van der Waals surface area contributed by atoms with E-state index in [1.54, 1.807) is 0 Å². The van der Waals surface area contributed by atoms with Crippen LogP contribution >= 0.6 is 21.0 Å². The van der Waals surface area contributed by atoms with Crippen LogP contribution < -0.4 is 10.2 Å². The quantitative estimate of drug-likeness (QED) is 0.0715. The topological polar surface area (TPSA) is 52.6 Å². The standard InChI is InChI=1S/2C29H29NOS.Zn/c2*31-29(30(21-25-13-5-1-6-14-25)22-26-15-7-2-8-16-26)32(23-27-17-9-3-10-18-27)24-28-19-11-4-12-20-28;/h2*1-20,31H,21-24H2;/q;;+2/p-2. The van der Waals surface area contributed by atoms with E-state index in [-0.39, 0.29) is 29.8 Å². The largest absolute Gasteiger partial charge is 2.00 e. The summed E-state index contributed by atoms with van der Waals surface area (Å²) in [7, 11) is -0.923. The molecular formula is C58H56N2O2S2Zn. The molecular weight excluding hydrogens is 886 g/mol. The molecule has 0 amide bonds. The van der Waals surface area contributed by atoms with Crippen molar-refractivity contribution in [3.8, 4) is 0 Å². The second-order valence-electron chi connectivity index (χ2n) is 15.7. The van der Waals surface area contributed by atoms with Gasteiger partial charge in [0.1, 0.15) is 0 Å². The summed E-state index contributed by atoms with van der Waals surface area (Å²) in [6, 6.07) is 82.6. The summed E-state index contributed by atoms with van der Waals surface area (Å²) in [5.74, 6) is 3.03. The predicted octanol–water partition coefficient (Wildman–Crippen LogP) is 11.6. The number of benzene rings is 8. The minimum absolute atomic E-state index is 0. The van der Waals surface area contributed by atoms with Gasteiger partial charge in [0.15, 0.2) is 0 Å². The molecule has 8 aromatic rings. The Morgan fingerprint density at radius 3 is 0.585 bits per heavy atom. The third kappa shape index (κ3) is 16.6. The van der Waals surface area contributed by atoms with Gasteiger partial charge in [0.2, 0.25) is 0 Å². The first-order valence-corrected chi connectivity index (χ1v) is 24.9. The number of rotatable bonds is 16. The van der Waals surface area contributed by atoms with Crippen molar-refractivity contribution in [2.24, 2.45) is 0 Å². The molecule has 0 unspecified atom stereocenters. The van der Waals surface area contributed by atoms with Crippen LogP contribution in [-0.2, 0) is 68.7 Å². The average molecular weight is 943 g/mol. The Hall–Kier alpha value is -5.34. The minimum Gasteiger partial charge on any atom is -0.814 e. The maximum absolute atomic E-state index is 14.0. The Morgan fingerprint density at radius 2 is 0.415 bits per heavy atom. The van der Waals surface area contributed by atoms with Crippen molar-refractivity contribution in [2.75, 3.05) is 0 Å². The third-order valence-corrected chi connectivity index (χ3v) is 14.8. The van der Waals surface area contributed by atoms with Crippen molar-refractivity contribution in [3.05, 3.63) is 287 Å². The van der Waals surface area contributed by atoms with E-state index in [1.165, 1.54) is 22.3 Å². The summed E-state index contributed by atoms with van der Waals surface area (Å²) >= 11 is 0. The van der Waals surface area contributed by atoms with E-state index in [2.05, 4.69) is 146 Å². The molecule has 65 heavy (non-hydrogen) atoms. The summed E-state index contributed by atoms with van der Waals surface area (Å²) < 4.78 is 0. The zero-order chi connectivity index (χ0) is 44.0. The van der Waals surface area contributed by atoms with Gasteiger partial charge in [-0.25, -0.2) is 0 Å². The maximum atomic E-state index is 14.0. The molecule has 8 rings (SSSR count). The van der Waals surface area contributed by atoms with Gasteiger partial charge in [0, 0.05) is 49.2 Å². The van der Waals surface area contributed by atoms with Crippen LogP contribution in [-0.4, -0.2) is 20.1 Å². The Labute approximate surface area is 404 Å². The zero-order valence-corrected chi connectivity index (χ0v) is 41.6. The molecule has 0 saturated heterocycles. The Balaban J connectivity index is 0.000000212. The molecule has 0 atom stereocenters. The molecule has 0 aliphatic carbocycles. The van der Waals surface area contributed by atoms with Gasteiger partial charge in [-0.05, 0) is 44.5 Å². The molecule has 0 aliphatic rings. The van der Waals surface area contributed by atoms with Crippen molar-refractivity contribution in [1.29, 1.82) is 0 Å². The van der Waals surface area contributed by atoms with E-state index in [0.29, 0.717) is 26.2 Å². The minimum atomic E-state index is -0.462. The Kier molecular flexibility index (Phi) is 20.6. The van der Waals surface area contributed by atoms with Crippen LogP contribution in [0.2, 0.25) is 0 Å². The maximum Gasteiger partial charge on any atom is 2.00 e. The molecule has 0 aromatic heterocycles. The van der Waals surface area contributed by atoms with E-state index in [9.17, 15) is 10.2 Å².